The summed E-state index contributed by atoms with van der Waals surface area (Å²) in [6.45, 7) is 5.39. The number of hydrogen-bond acceptors (Lipinski definition) is 4. The van der Waals surface area contributed by atoms with Crippen LogP contribution in [0, 0.1) is 0 Å². The Labute approximate surface area is 150 Å². The van der Waals surface area contributed by atoms with Gasteiger partial charge >= 0.3 is 0 Å². The number of amides is 2. The van der Waals surface area contributed by atoms with Crippen molar-refractivity contribution in [3.63, 3.8) is 0 Å². The molecule has 0 aromatic heterocycles. The van der Waals surface area contributed by atoms with Crippen molar-refractivity contribution in [2.75, 3.05) is 50.1 Å². The summed E-state index contributed by atoms with van der Waals surface area (Å²) >= 11 is 0. The van der Waals surface area contributed by atoms with Crippen LogP contribution in [0.4, 0.5) is 11.4 Å². The van der Waals surface area contributed by atoms with Gasteiger partial charge in [-0.1, -0.05) is 0 Å². The molecule has 0 bridgehead atoms. The third-order valence-corrected chi connectivity index (χ3v) is 4.45. The lowest BCUT2D eigenvalue weighted by atomic mass is 10.2. The van der Waals surface area contributed by atoms with E-state index >= 15 is 0 Å². The topological polar surface area (TPSA) is 61.9 Å². The maximum atomic E-state index is 12.1. The Hall–Kier alpha value is -2.08. The number of ether oxygens (including phenoxy) is 1. The van der Waals surface area contributed by atoms with Gasteiger partial charge in [0.2, 0.25) is 11.8 Å². The van der Waals surface area contributed by atoms with Crippen LogP contribution in [0.25, 0.3) is 0 Å². The molecule has 1 aliphatic heterocycles. The van der Waals surface area contributed by atoms with Gasteiger partial charge in [-0.3, -0.25) is 9.59 Å². The van der Waals surface area contributed by atoms with Gasteiger partial charge < -0.3 is 19.9 Å². The third-order valence-electron chi connectivity index (χ3n) is 4.45. The Balaban J connectivity index is 1.77. The number of rotatable bonds is 9. The fourth-order valence-electron chi connectivity index (χ4n) is 3.02. The Morgan fingerprint density at radius 3 is 2.44 bits per heavy atom. The van der Waals surface area contributed by atoms with Crippen LogP contribution in [-0.2, 0) is 14.3 Å². The fourth-order valence-corrected chi connectivity index (χ4v) is 3.02. The average molecular weight is 347 g/mol. The van der Waals surface area contributed by atoms with E-state index in [0.29, 0.717) is 26.1 Å². The van der Waals surface area contributed by atoms with E-state index < -0.39 is 0 Å². The van der Waals surface area contributed by atoms with E-state index in [2.05, 4.69) is 10.2 Å². The first-order valence-electron chi connectivity index (χ1n) is 8.99. The molecule has 0 aliphatic carbocycles. The summed E-state index contributed by atoms with van der Waals surface area (Å²) in [7, 11) is 1.64. The lowest BCUT2D eigenvalue weighted by Crippen LogP contribution is -2.33. The van der Waals surface area contributed by atoms with Crippen molar-refractivity contribution in [2.45, 2.75) is 32.6 Å². The molecule has 0 saturated carbocycles. The van der Waals surface area contributed by atoms with Crippen molar-refractivity contribution >= 4 is 23.2 Å². The zero-order chi connectivity index (χ0) is 18.1. The summed E-state index contributed by atoms with van der Waals surface area (Å²) in [4.78, 5) is 27.8. The van der Waals surface area contributed by atoms with Gasteiger partial charge in [0.15, 0.2) is 0 Å². The maximum Gasteiger partial charge on any atom is 0.226 e. The minimum Gasteiger partial charge on any atom is -0.385 e. The first-order chi connectivity index (χ1) is 12.1. The van der Waals surface area contributed by atoms with Crippen molar-refractivity contribution in [1.82, 2.24) is 4.90 Å². The molecular weight excluding hydrogens is 318 g/mol. The SMILES string of the molecule is COCCCN(CCC(=O)Nc1ccc(N2CCCC2)cc1)C(C)=O. The van der Waals surface area contributed by atoms with E-state index in [1.54, 1.807) is 12.0 Å². The molecule has 1 aromatic rings. The molecule has 1 fully saturated rings. The molecule has 0 atom stereocenters. The molecule has 6 nitrogen and oxygen atoms in total. The summed E-state index contributed by atoms with van der Waals surface area (Å²) < 4.78 is 5.00. The number of methoxy groups -OCH3 is 1. The standard InChI is InChI=1S/C19H29N3O3/c1-16(23)21(13-5-15-25-2)14-10-19(24)20-17-6-8-18(9-7-17)22-11-3-4-12-22/h6-9H,3-5,10-15H2,1-2H3,(H,20,24). The highest BCUT2D eigenvalue weighted by molar-refractivity contribution is 5.91. The van der Waals surface area contributed by atoms with Crippen LogP contribution >= 0.6 is 0 Å². The monoisotopic (exact) mass is 347 g/mol. The smallest absolute Gasteiger partial charge is 0.226 e. The molecule has 1 aromatic carbocycles. The quantitative estimate of drug-likeness (QED) is 0.697. The van der Waals surface area contributed by atoms with Crippen molar-refractivity contribution in [3.05, 3.63) is 24.3 Å². The highest BCUT2D eigenvalue weighted by Gasteiger charge is 2.13. The van der Waals surface area contributed by atoms with E-state index in [1.165, 1.54) is 25.5 Å². The molecule has 0 unspecified atom stereocenters. The van der Waals surface area contributed by atoms with Crippen molar-refractivity contribution in [2.24, 2.45) is 0 Å². The summed E-state index contributed by atoms with van der Waals surface area (Å²) in [5.74, 6) is -0.0919. The molecule has 1 N–H and O–H groups in total. The molecule has 2 amide bonds. The zero-order valence-electron chi connectivity index (χ0n) is 15.3. The number of nitrogens with one attached hydrogen (secondary N) is 1. The number of carbonyl (C=O) groups is 2. The van der Waals surface area contributed by atoms with Crippen LogP contribution < -0.4 is 10.2 Å². The molecule has 0 radical (unpaired) electrons. The lowest BCUT2D eigenvalue weighted by molar-refractivity contribution is -0.129. The van der Waals surface area contributed by atoms with Crippen LogP contribution in [0.15, 0.2) is 24.3 Å². The van der Waals surface area contributed by atoms with Gasteiger partial charge in [-0.25, -0.2) is 0 Å². The van der Waals surface area contributed by atoms with E-state index in [0.717, 1.165) is 25.2 Å². The second kappa shape index (κ2) is 10.0. The van der Waals surface area contributed by atoms with Gasteiger partial charge in [-0.15, -0.1) is 0 Å². The predicted octanol–water partition coefficient (Wildman–Crippen LogP) is 2.50. The van der Waals surface area contributed by atoms with E-state index in [1.807, 2.05) is 24.3 Å². The molecule has 25 heavy (non-hydrogen) atoms. The maximum absolute atomic E-state index is 12.1. The third kappa shape index (κ3) is 6.38. The van der Waals surface area contributed by atoms with Gasteiger partial charge in [0, 0.05) is 64.6 Å². The predicted molar refractivity (Wildman–Crippen MR) is 99.9 cm³/mol. The Morgan fingerprint density at radius 2 is 1.84 bits per heavy atom. The molecule has 1 aliphatic rings. The highest BCUT2D eigenvalue weighted by Crippen LogP contribution is 2.22. The molecule has 0 spiro atoms. The molecule has 1 saturated heterocycles. The average Bonchev–Trinajstić information content (AvgIpc) is 3.13. The lowest BCUT2D eigenvalue weighted by Gasteiger charge is -2.20. The van der Waals surface area contributed by atoms with Gasteiger partial charge in [-0.2, -0.15) is 0 Å². The fraction of sp³-hybridized carbons (Fsp3) is 0.579. The van der Waals surface area contributed by atoms with Gasteiger partial charge in [0.1, 0.15) is 0 Å². The second-order valence-electron chi connectivity index (χ2n) is 6.39. The van der Waals surface area contributed by atoms with Gasteiger partial charge in [-0.05, 0) is 43.5 Å². The molecule has 138 valence electrons. The van der Waals surface area contributed by atoms with Crippen LogP contribution in [0.3, 0.4) is 0 Å². The van der Waals surface area contributed by atoms with Gasteiger partial charge in [0.25, 0.3) is 0 Å². The van der Waals surface area contributed by atoms with E-state index in [9.17, 15) is 9.59 Å². The first kappa shape index (κ1) is 19.2. The number of hydrogen-bond donors (Lipinski definition) is 1. The zero-order valence-corrected chi connectivity index (χ0v) is 15.3. The number of nitrogens with zero attached hydrogens (tertiary/aromatic N) is 2. The number of carbonyl (C=O) groups excluding carboxylic acids is 2. The van der Waals surface area contributed by atoms with E-state index in [4.69, 9.17) is 4.74 Å². The van der Waals surface area contributed by atoms with Crippen LogP contribution in [0.1, 0.15) is 32.6 Å². The van der Waals surface area contributed by atoms with Crippen LogP contribution in [0.5, 0.6) is 0 Å². The second-order valence-corrected chi connectivity index (χ2v) is 6.39. The summed E-state index contributed by atoms with van der Waals surface area (Å²) in [6.07, 6.45) is 3.56. The van der Waals surface area contributed by atoms with Gasteiger partial charge in [0.05, 0.1) is 0 Å². The Bertz CT molecular complexity index is 554. The largest absolute Gasteiger partial charge is 0.385 e. The van der Waals surface area contributed by atoms with Crippen LogP contribution in [-0.4, -0.2) is 56.6 Å². The minimum absolute atomic E-state index is 0.0149. The van der Waals surface area contributed by atoms with Crippen LogP contribution in [0.2, 0.25) is 0 Å². The molecular formula is C19H29N3O3. The minimum atomic E-state index is -0.0769. The van der Waals surface area contributed by atoms with Crippen molar-refractivity contribution in [3.8, 4) is 0 Å². The highest BCUT2D eigenvalue weighted by atomic mass is 16.5. The summed E-state index contributed by atoms with van der Waals surface area (Å²) in [6, 6.07) is 7.97. The molecule has 1 heterocycles. The number of anilines is 2. The summed E-state index contributed by atoms with van der Waals surface area (Å²) in [5, 5.41) is 2.90. The molecule has 6 heteroatoms. The van der Waals surface area contributed by atoms with E-state index in [-0.39, 0.29) is 11.8 Å². The molecule has 2 rings (SSSR count). The first-order valence-corrected chi connectivity index (χ1v) is 8.99. The normalized spacial score (nSPS) is 13.8. The Kier molecular flexibility index (Phi) is 7.73. The number of benzene rings is 1. The van der Waals surface area contributed by atoms with Crippen molar-refractivity contribution < 1.29 is 14.3 Å². The Morgan fingerprint density at radius 1 is 1.16 bits per heavy atom. The van der Waals surface area contributed by atoms with Crippen molar-refractivity contribution in [1.29, 1.82) is 0 Å². The summed E-state index contributed by atoms with van der Waals surface area (Å²) in [5.41, 5.74) is 2.00.